The van der Waals surface area contributed by atoms with E-state index in [4.69, 9.17) is 0 Å². The van der Waals surface area contributed by atoms with Crippen LogP contribution in [-0.4, -0.2) is 28.6 Å². The highest BCUT2D eigenvalue weighted by Gasteiger charge is 2.19. The number of fused-ring (bicyclic) bond motifs is 1. The second kappa shape index (κ2) is 4.17. The van der Waals surface area contributed by atoms with Crippen molar-refractivity contribution in [2.24, 2.45) is 0 Å². The zero-order chi connectivity index (χ0) is 13.5. The van der Waals surface area contributed by atoms with Gasteiger partial charge in [-0.3, -0.25) is 14.6 Å². The maximum atomic E-state index is 12.0. The van der Waals surface area contributed by atoms with Crippen LogP contribution in [-0.2, 0) is 10.0 Å². The van der Waals surface area contributed by atoms with E-state index in [2.05, 4.69) is 24.9 Å². The molecule has 0 saturated heterocycles. The van der Waals surface area contributed by atoms with Gasteiger partial charge in [-0.05, 0) is 11.4 Å². The Kier molecular flexibility index (Phi) is 2.61. The zero-order valence-electron chi connectivity index (χ0n) is 9.25. The highest BCUT2D eigenvalue weighted by molar-refractivity contribution is 7.94. The Balaban J connectivity index is 2.10. The first-order chi connectivity index (χ1) is 9.08. The molecule has 0 fully saturated rings. The molecule has 8 nitrogen and oxygen atoms in total. The van der Waals surface area contributed by atoms with Crippen molar-refractivity contribution in [2.45, 2.75) is 4.21 Å². The minimum Gasteiger partial charge on any atom is -0.312 e. The molecule has 0 aliphatic rings. The van der Waals surface area contributed by atoms with Gasteiger partial charge in [0.2, 0.25) is 0 Å². The summed E-state index contributed by atoms with van der Waals surface area (Å²) in [6.07, 6.45) is 1.21. The van der Waals surface area contributed by atoms with Crippen LogP contribution in [0.1, 0.15) is 0 Å². The molecule has 0 bridgehead atoms. The number of rotatable bonds is 3. The second-order valence-electron chi connectivity index (χ2n) is 3.57. The maximum absolute atomic E-state index is 12.0. The van der Waals surface area contributed by atoms with Gasteiger partial charge in [0, 0.05) is 0 Å². The quantitative estimate of drug-likeness (QED) is 0.650. The number of sulfonamides is 1. The number of H-pyrrole nitrogens is 2. The van der Waals surface area contributed by atoms with E-state index in [1.54, 1.807) is 11.4 Å². The average molecular weight is 297 g/mol. The topological polar surface area (TPSA) is 121 Å². The summed E-state index contributed by atoms with van der Waals surface area (Å²) in [5.41, 5.74) is -0.254. The lowest BCUT2D eigenvalue weighted by molar-refractivity contribution is 0.603. The van der Waals surface area contributed by atoms with Crippen molar-refractivity contribution >= 4 is 38.2 Å². The third-order valence-electron chi connectivity index (χ3n) is 2.35. The number of aromatic amines is 2. The van der Waals surface area contributed by atoms with Crippen molar-refractivity contribution in [2.75, 3.05) is 4.72 Å². The Bertz CT molecular complexity index is 878. The Morgan fingerprint density at radius 2 is 2.21 bits per heavy atom. The highest BCUT2D eigenvalue weighted by Crippen LogP contribution is 2.21. The molecule has 0 amide bonds. The van der Waals surface area contributed by atoms with Crippen molar-refractivity contribution < 1.29 is 8.42 Å². The van der Waals surface area contributed by atoms with Crippen LogP contribution in [0.15, 0.2) is 32.8 Å². The molecular formula is C9H7N5O3S2. The van der Waals surface area contributed by atoms with Crippen LogP contribution < -0.4 is 10.3 Å². The summed E-state index contributed by atoms with van der Waals surface area (Å²) in [7, 11) is -3.74. The summed E-state index contributed by atoms with van der Waals surface area (Å²) < 4.78 is 26.5. The Hall–Kier alpha value is -2.20. The molecule has 0 radical (unpaired) electrons. The first-order valence-electron chi connectivity index (χ1n) is 5.06. The summed E-state index contributed by atoms with van der Waals surface area (Å²) in [6, 6.07) is 3.08. The summed E-state index contributed by atoms with van der Waals surface area (Å²) >= 11 is 1.07. The number of nitrogens with one attached hydrogen (secondary N) is 3. The van der Waals surface area contributed by atoms with E-state index in [9.17, 15) is 13.2 Å². The van der Waals surface area contributed by atoms with Crippen LogP contribution in [0.2, 0.25) is 0 Å². The van der Waals surface area contributed by atoms with E-state index < -0.39 is 15.6 Å². The van der Waals surface area contributed by atoms with E-state index in [0.717, 1.165) is 11.3 Å². The lowest BCUT2D eigenvalue weighted by Crippen LogP contribution is -2.14. The van der Waals surface area contributed by atoms with E-state index >= 15 is 0 Å². The summed E-state index contributed by atoms with van der Waals surface area (Å²) in [4.78, 5) is 17.9. The molecule has 98 valence electrons. The molecule has 0 saturated carbocycles. The third kappa shape index (κ3) is 2.00. The fourth-order valence-electron chi connectivity index (χ4n) is 1.54. The van der Waals surface area contributed by atoms with Gasteiger partial charge < -0.3 is 4.98 Å². The molecule has 3 rings (SSSR count). The molecule has 0 atom stereocenters. The van der Waals surface area contributed by atoms with Crippen molar-refractivity contribution in [1.29, 1.82) is 0 Å². The number of nitrogens with zero attached hydrogens (tertiary/aromatic N) is 2. The molecule has 0 aliphatic heterocycles. The van der Waals surface area contributed by atoms with Gasteiger partial charge in [0.1, 0.15) is 9.60 Å². The van der Waals surface area contributed by atoms with Gasteiger partial charge in [0.25, 0.3) is 15.6 Å². The summed E-state index contributed by atoms with van der Waals surface area (Å²) in [5.74, 6) is -0.0715. The van der Waals surface area contributed by atoms with Crippen LogP contribution in [0.25, 0.3) is 11.0 Å². The number of aromatic nitrogens is 4. The third-order valence-corrected chi connectivity index (χ3v) is 5.09. The normalized spacial score (nSPS) is 11.8. The second-order valence-corrected chi connectivity index (χ2v) is 6.42. The first-order valence-corrected chi connectivity index (χ1v) is 7.42. The summed E-state index contributed by atoms with van der Waals surface area (Å²) in [6.45, 7) is 0. The fourth-order valence-corrected chi connectivity index (χ4v) is 3.54. The summed E-state index contributed by atoms with van der Waals surface area (Å²) in [5, 5.41) is 7.97. The zero-order valence-corrected chi connectivity index (χ0v) is 10.9. The molecule has 3 aromatic heterocycles. The van der Waals surface area contributed by atoms with Crippen LogP contribution >= 0.6 is 11.3 Å². The van der Waals surface area contributed by atoms with Gasteiger partial charge in [-0.15, -0.1) is 11.3 Å². The molecular weight excluding hydrogens is 290 g/mol. The molecule has 0 aliphatic carbocycles. The van der Waals surface area contributed by atoms with Crippen molar-refractivity contribution in [3.05, 3.63) is 34.2 Å². The average Bonchev–Trinajstić information content (AvgIpc) is 2.99. The van der Waals surface area contributed by atoms with Gasteiger partial charge in [0.05, 0.1) is 6.33 Å². The molecule has 19 heavy (non-hydrogen) atoms. The van der Waals surface area contributed by atoms with Gasteiger partial charge in [-0.25, -0.2) is 13.4 Å². The predicted molar refractivity (Wildman–Crippen MR) is 69.6 cm³/mol. The van der Waals surface area contributed by atoms with Crippen LogP contribution in [0.3, 0.4) is 0 Å². The number of hydrogen-bond donors (Lipinski definition) is 3. The lowest BCUT2D eigenvalue weighted by Gasteiger charge is -2.02. The monoisotopic (exact) mass is 297 g/mol. The standard InChI is InChI=1S/C9H7N5O3S2/c15-9-6-7(10-4-11-9)12-13-8(6)14-19(16,17)5-2-1-3-18-5/h1-4H,(H3,10,11,12,13,14,15). The van der Waals surface area contributed by atoms with E-state index in [0.29, 0.717) is 0 Å². The molecule has 10 heteroatoms. The first kappa shape index (κ1) is 11.9. The van der Waals surface area contributed by atoms with Gasteiger partial charge in [0.15, 0.2) is 11.5 Å². The molecule has 0 spiro atoms. The lowest BCUT2D eigenvalue weighted by atomic mass is 10.4. The molecule has 3 aromatic rings. The Morgan fingerprint density at radius 1 is 1.37 bits per heavy atom. The predicted octanol–water partition coefficient (Wildman–Crippen LogP) is 0.508. The van der Waals surface area contributed by atoms with E-state index in [1.165, 1.54) is 12.4 Å². The number of thiophene rings is 1. The van der Waals surface area contributed by atoms with Crippen molar-refractivity contribution in [3.8, 4) is 0 Å². The smallest absolute Gasteiger partial charge is 0.272 e. The van der Waals surface area contributed by atoms with Crippen LogP contribution in [0, 0.1) is 0 Å². The van der Waals surface area contributed by atoms with E-state index in [-0.39, 0.29) is 21.1 Å². The minimum absolute atomic E-state index is 0.0715. The van der Waals surface area contributed by atoms with Crippen LogP contribution in [0.4, 0.5) is 5.82 Å². The number of anilines is 1. The molecule has 3 heterocycles. The highest BCUT2D eigenvalue weighted by atomic mass is 32.2. The number of hydrogen-bond acceptors (Lipinski definition) is 6. The largest absolute Gasteiger partial charge is 0.312 e. The molecule has 0 unspecified atom stereocenters. The van der Waals surface area contributed by atoms with Gasteiger partial charge in [-0.1, -0.05) is 6.07 Å². The fraction of sp³-hybridized carbons (Fsp3) is 0. The Morgan fingerprint density at radius 3 is 2.95 bits per heavy atom. The SMILES string of the molecule is O=c1[nH]cnc2[nH]nc(NS(=O)(=O)c3cccs3)c12. The van der Waals surface area contributed by atoms with Crippen LogP contribution in [0.5, 0.6) is 0 Å². The van der Waals surface area contributed by atoms with E-state index in [1.807, 2.05) is 0 Å². The molecule has 0 aromatic carbocycles. The van der Waals surface area contributed by atoms with Crippen molar-refractivity contribution in [3.63, 3.8) is 0 Å². The maximum Gasteiger partial charge on any atom is 0.272 e. The van der Waals surface area contributed by atoms with Crippen molar-refractivity contribution in [1.82, 2.24) is 20.2 Å². The molecule has 3 N–H and O–H groups in total. The Labute approximate surface area is 110 Å². The van der Waals surface area contributed by atoms with Gasteiger partial charge >= 0.3 is 0 Å². The van der Waals surface area contributed by atoms with Gasteiger partial charge in [-0.2, -0.15) is 5.10 Å². The minimum atomic E-state index is -3.74.